The van der Waals surface area contributed by atoms with E-state index in [9.17, 15) is 22.8 Å². The van der Waals surface area contributed by atoms with Crippen LogP contribution in [0.1, 0.15) is 44.9 Å². The number of rotatable bonds is 6. The van der Waals surface area contributed by atoms with Crippen molar-refractivity contribution in [1.82, 2.24) is 5.32 Å². The van der Waals surface area contributed by atoms with Crippen LogP contribution in [0, 0.1) is 5.41 Å². The van der Waals surface area contributed by atoms with E-state index in [2.05, 4.69) is 0 Å². The minimum atomic E-state index is -4.78. The van der Waals surface area contributed by atoms with Gasteiger partial charge >= 0.3 is 12.1 Å². The van der Waals surface area contributed by atoms with Crippen LogP contribution in [0.15, 0.2) is 0 Å². The van der Waals surface area contributed by atoms with Gasteiger partial charge in [0.25, 0.3) is 0 Å². The summed E-state index contributed by atoms with van der Waals surface area (Å²) in [5.74, 6) is -1.67. The van der Waals surface area contributed by atoms with Crippen molar-refractivity contribution in [2.75, 3.05) is 6.54 Å². The number of aliphatic carboxylic acids is 1. The lowest BCUT2D eigenvalue weighted by Gasteiger charge is -2.35. The lowest BCUT2D eigenvalue weighted by atomic mass is 9.69. The molecule has 0 aromatic heterocycles. The van der Waals surface area contributed by atoms with Crippen molar-refractivity contribution in [3.05, 3.63) is 0 Å². The van der Waals surface area contributed by atoms with Gasteiger partial charge in [-0.1, -0.05) is 19.3 Å². The van der Waals surface area contributed by atoms with Crippen LogP contribution >= 0.6 is 0 Å². The number of alkyl halides is 3. The molecule has 0 aliphatic heterocycles. The smallest absolute Gasteiger partial charge is 0.416 e. The zero-order valence-electron chi connectivity index (χ0n) is 11.6. The first-order chi connectivity index (χ1) is 9.65. The van der Waals surface area contributed by atoms with Gasteiger partial charge in [0, 0.05) is 6.42 Å². The number of hydrogen-bond donors (Lipinski definition) is 3. The third-order valence-corrected chi connectivity index (χ3v) is 3.85. The number of aliphatic hydroxyl groups is 1. The topological polar surface area (TPSA) is 86.6 Å². The van der Waals surface area contributed by atoms with Gasteiger partial charge in [-0.2, -0.15) is 13.2 Å². The van der Waals surface area contributed by atoms with Crippen molar-refractivity contribution in [2.45, 2.75) is 57.2 Å². The predicted molar refractivity (Wildman–Crippen MR) is 67.5 cm³/mol. The lowest BCUT2D eigenvalue weighted by Crippen LogP contribution is -2.42. The van der Waals surface area contributed by atoms with Crippen LogP contribution in [0.5, 0.6) is 0 Å². The van der Waals surface area contributed by atoms with Gasteiger partial charge in [0.2, 0.25) is 5.91 Å². The molecule has 122 valence electrons. The maximum Gasteiger partial charge on any atom is 0.416 e. The molecule has 0 radical (unpaired) electrons. The second-order valence-corrected chi connectivity index (χ2v) is 5.67. The van der Waals surface area contributed by atoms with E-state index in [0.717, 1.165) is 19.3 Å². The van der Waals surface area contributed by atoms with E-state index < -0.39 is 36.1 Å². The molecule has 0 heterocycles. The van der Waals surface area contributed by atoms with Gasteiger partial charge in [0.05, 0.1) is 13.0 Å². The first-order valence-corrected chi connectivity index (χ1v) is 6.88. The molecule has 1 saturated carbocycles. The van der Waals surface area contributed by atoms with Crippen molar-refractivity contribution in [2.24, 2.45) is 5.41 Å². The largest absolute Gasteiger partial charge is 0.481 e. The Morgan fingerprint density at radius 1 is 1.14 bits per heavy atom. The molecule has 1 unspecified atom stereocenters. The minimum absolute atomic E-state index is 0.121. The number of halogens is 3. The second-order valence-electron chi connectivity index (χ2n) is 5.67. The molecule has 1 rings (SSSR count). The average molecular weight is 311 g/mol. The Bertz CT molecular complexity index is 378. The summed E-state index contributed by atoms with van der Waals surface area (Å²) in [5.41, 5.74) is -0.683. The average Bonchev–Trinajstić information content (AvgIpc) is 2.34. The molecule has 3 N–H and O–H groups in total. The molecule has 0 saturated heterocycles. The summed E-state index contributed by atoms with van der Waals surface area (Å²) in [6, 6.07) is 0. The lowest BCUT2D eigenvalue weighted by molar-refractivity contribution is -0.201. The number of carbonyl (C=O) groups excluding carboxylic acids is 1. The Hall–Kier alpha value is -1.31. The maximum absolute atomic E-state index is 12.1. The monoisotopic (exact) mass is 311 g/mol. The fraction of sp³-hybridized carbons (Fsp3) is 0.846. The number of nitrogens with one attached hydrogen (secondary N) is 1. The van der Waals surface area contributed by atoms with Gasteiger partial charge in [0.15, 0.2) is 6.10 Å². The Morgan fingerprint density at radius 2 is 1.71 bits per heavy atom. The summed E-state index contributed by atoms with van der Waals surface area (Å²) >= 11 is 0. The standard InChI is InChI=1S/C13H20F3NO4/c14-13(15,16)9(18)8-17-10(19)6-12(7-11(20)21)4-2-1-3-5-12/h9,18H,1-8H2,(H,17,19)(H,20,21). The van der Waals surface area contributed by atoms with Crippen LogP contribution in [0.4, 0.5) is 13.2 Å². The van der Waals surface area contributed by atoms with Crippen LogP contribution in [0.2, 0.25) is 0 Å². The molecule has 1 amide bonds. The number of carboxylic acids is 1. The van der Waals surface area contributed by atoms with Crippen molar-refractivity contribution < 1.29 is 33.0 Å². The van der Waals surface area contributed by atoms with Gasteiger partial charge in [0.1, 0.15) is 0 Å². The van der Waals surface area contributed by atoms with E-state index in [-0.39, 0.29) is 12.8 Å². The summed E-state index contributed by atoms with van der Waals surface area (Å²) < 4.78 is 36.4. The normalized spacial score (nSPS) is 19.8. The molecule has 0 spiro atoms. The molecule has 5 nitrogen and oxygen atoms in total. The molecule has 0 aromatic rings. The van der Waals surface area contributed by atoms with Gasteiger partial charge in [-0.25, -0.2) is 0 Å². The molecule has 1 aliphatic carbocycles. The number of carbonyl (C=O) groups is 2. The second kappa shape index (κ2) is 7.11. The van der Waals surface area contributed by atoms with Gasteiger partial charge in [-0.15, -0.1) is 0 Å². The van der Waals surface area contributed by atoms with E-state index in [4.69, 9.17) is 10.2 Å². The molecular weight excluding hydrogens is 291 g/mol. The van der Waals surface area contributed by atoms with Gasteiger partial charge in [-0.05, 0) is 18.3 Å². The van der Waals surface area contributed by atoms with E-state index in [1.807, 2.05) is 5.32 Å². The summed E-state index contributed by atoms with van der Waals surface area (Å²) in [6.45, 7) is -0.911. The SMILES string of the molecule is O=C(O)CC1(CC(=O)NCC(O)C(F)(F)F)CCCCC1. The van der Waals surface area contributed by atoms with Crippen LogP contribution < -0.4 is 5.32 Å². The molecule has 21 heavy (non-hydrogen) atoms. The van der Waals surface area contributed by atoms with Crippen molar-refractivity contribution in [3.63, 3.8) is 0 Å². The molecule has 0 bridgehead atoms. The summed E-state index contributed by atoms with van der Waals surface area (Å²) in [6.07, 6.45) is -3.93. The molecule has 1 fully saturated rings. The Morgan fingerprint density at radius 3 is 2.19 bits per heavy atom. The highest BCUT2D eigenvalue weighted by molar-refractivity contribution is 5.78. The van der Waals surface area contributed by atoms with Crippen molar-refractivity contribution in [3.8, 4) is 0 Å². The van der Waals surface area contributed by atoms with Crippen molar-refractivity contribution >= 4 is 11.9 Å². The van der Waals surface area contributed by atoms with Crippen LogP contribution in [-0.2, 0) is 9.59 Å². The number of carboxylic acid groups (broad SMARTS) is 1. The number of amides is 1. The van der Waals surface area contributed by atoms with Crippen LogP contribution in [-0.4, -0.2) is 40.9 Å². The molecule has 8 heteroatoms. The van der Waals surface area contributed by atoms with Crippen molar-refractivity contribution in [1.29, 1.82) is 0 Å². The van der Waals surface area contributed by atoms with E-state index in [1.165, 1.54) is 0 Å². The molecule has 0 aromatic carbocycles. The zero-order valence-corrected chi connectivity index (χ0v) is 11.6. The van der Waals surface area contributed by atoms with E-state index in [1.54, 1.807) is 0 Å². The highest BCUT2D eigenvalue weighted by Gasteiger charge is 2.39. The summed E-state index contributed by atoms with van der Waals surface area (Å²) in [4.78, 5) is 22.7. The highest BCUT2D eigenvalue weighted by Crippen LogP contribution is 2.42. The fourth-order valence-corrected chi connectivity index (χ4v) is 2.77. The van der Waals surface area contributed by atoms with E-state index in [0.29, 0.717) is 12.8 Å². The first kappa shape index (κ1) is 17.7. The fourth-order valence-electron chi connectivity index (χ4n) is 2.77. The number of hydrogen-bond acceptors (Lipinski definition) is 3. The highest BCUT2D eigenvalue weighted by atomic mass is 19.4. The number of aliphatic hydroxyl groups excluding tert-OH is 1. The molecular formula is C13H20F3NO4. The minimum Gasteiger partial charge on any atom is -0.481 e. The van der Waals surface area contributed by atoms with Crippen LogP contribution in [0.25, 0.3) is 0 Å². The third kappa shape index (κ3) is 5.91. The predicted octanol–water partition coefficient (Wildman–Crippen LogP) is 1.84. The van der Waals surface area contributed by atoms with Gasteiger partial charge < -0.3 is 15.5 Å². The molecule has 1 aliphatic rings. The maximum atomic E-state index is 12.1. The summed E-state index contributed by atoms with van der Waals surface area (Å²) in [7, 11) is 0. The Kier molecular flexibility index (Phi) is 6.00. The molecule has 1 atom stereocenters. The Balaban J connectivity index is 2.54. The van der Waals surface area contributed by atoms with Gasteiger partial charge in [-0.3, -0.25) is 9.59 Å². The van der Waals surface area contributed by atoms with Crippen LogP contribution in [0.3, 0.4) is 0 Å². The zero-order chi connectivity index (χ0) is 16.1. The van der Waals surface area contributed by atoms with E-state index >= 15 is 0 Å². The first-order valence-electron chi connectivity index (χ1n) is 6.88. The Labute approximate surface area is 120 Å². The summed E-state index contributed by atoms with van der Waals surface area (Å²) in [5, 5.41) is 19.8. The third-order valence-electron chi connectivity index (χ3n) is 3.85. The quantitative estimate of drug-likeness (QED) is 0.698.